The van der Waals surface area contributed by atoms with E-state index in [0.717, 1.165) is 32.1 Å². The molecule has 1 unspecified atom stereocenters. The average molecular weight is 499 g/mol. The lowest BCUT2D eigenvalue weighted by molar-refractivity contribution is -0.150. The molecule has 0 N–H and O–H groups in total. The van der Waals surface area contributed by atoms with Gasteiger partial charge in [0.2, 0.25) is 0 Å². The summed E-state index contributed by atoms with van der Waals surface area (Å²) < 4.78 is 11.5. The second kappa shape index (κ2) is 17.4. The van der Waals surface area contributed by atoms with Crippen LogP contribution in [0.1, 0.15) is 80.1 Å². The summed E-state index contributed by atoms with van der Waals surface area (Å²) in [6.07, 6.45) is 26.3. The molecule has 35 heavy (non-hydrogen) atoms. The summed E-state index contributed by atoms with van der Waals surface area (Å²) in [6, 6.07) is 0. The van der Waals surface area contributed by atoms with Crippen molar-refractivity contribution < 1.29 is 14.0 Å². The number of ether oxygens (including phenoxy) is 1. The molecule has 0 saturated carbocycles. The number of allylic oxidation sites excluding steroid dienone is 8. The number of methoxy groups -OCH3 is 1. The molecular formula is C31H50O3Si. The summed E-state index contributed by atoms with van der Waals surface area (Å²) >= 11 is 0. The maximum atomic E-state index is 11.9. The highest BCUT2D eigenvalue weighted by Crippen LogP contribution is 2.37. The zero-order chi connectivity index (χ0) is 26.8. The number of rotatable bonds is 14. The number of esters is 1. The summed E-state index contributed by atoms with van der Waals surface area (Å²) in [4.78, 5) is 11.9. The quantitative estimate of drug-likeness (QED) is 0.104. The largest absolute Gasteiger partial charge is 0.469 e. The summed E-state index contributed by atoms with van der Waals surface area (Å²) in [5.41, 5.74) is -0.530. The summed E-state index contributed by atoms with van der Waals surface area (Å²) in [5, 5.41) is 0.132. The van der Waals surface area contributed by atoms with Crippen LogP contribution in [0.3, 0.4) is 0 Å². The van der Waals surface area contributed by atoms with Gasteiger partial charge in [-0.2, -0.15) is 0 Å². The van der Waals surface area contributed by atoms with Crippen molar-refractivity contribution in [3.05, 3.63) is 60.8 Å². The van der Waals surface area contributed by atoms with Gasteiger partial charge in [0, 0.05) is 6.42 Å². The van der Waals surface area contributed by atoms with Crippen LogP contribution in [0.15, 0.2) is 60.8 Å². The molecule has 0 spiro atoms. The zero-order valence-electron chi connectivity index (χ0n) is 23.8. The van der Waals surface area contributed by atoms with Gasteiger partial charge in [0.15, 0.2) is 8.32 Å². The minimum Gasteiger partial charge on any atom is -0.469 e. The predicted octanol–water partition coefficient (Wildman–Crippen LogP) is 8.72. The standard InChI is InChI=1S/C31H50O3Si/c1-10-11-12-13-14-15-16-17-18-19-20-21-22-25-28(34-35(8,9)30(2,3)4)26-23-24-27-31(5,6)29(32)33-7/h11-12,14-15,17-18,22-25,28H,10,13,16,19,26-27H2,1-9H3/b12-11-,15-14-,18-17-,24-23-,25-22+. The number of hydrogen-bond acceptors (Lipinski definition) is 3. The van der Waals surface area contributed by atoms with Gasteiger partial charge < -0.3 is 9.16 Å². The van der Waals surface area contributed by atoms with Crippen molar-refractivity contribution in [1.29, 1.82) is 0 Å². The fraction of sp³-hybridized carbons (Fsp3) is 0.581. The first kappa shape index (κ1) is 32.9. The Hall–Kier alpha value is -2.09. The maximum absolute atomic E-state index is 11.9. The van der Waals surface area contributed by atoms with Crippen LogP contribution < -0.4 is 0 Å². The van der Waals surface area contributed by atoms with Crippen molar-refractivity contribution in [2.75, 3.05) is 7.11 Å². The molecule has 0 aliphatic carbocycles. The molecule has 0 fully saturated rings. The normalized spacial score (nSPS) is 14.4. The molecule has 4 heteroatoms. The maximum Gasteiger partial charge on any atom is 0.311 e. The molecule has 0 rings (SSSR count). The van der Waals surface area contributed by atoms with E-state index in [1.165, 1.54) is 7.11 Å². The van der Waals surface area contributed by atoms with Crippen molar-refractivity contribution in [2.45, 2.75) is 104 Å². The van der Waals surface area contributed by atoms with E-state index < -0.39 is 13.7 Å². The molecule has 0 aliphatic heterocycles. The molecule has 196 valence electrons. The SMILES string of the molecule is CC/C=C\C/C=C\C/C=C\CC#C/C=C/C(C/C=C\CC(C)(C)C(=O)OC)O[Si](C)(C)C(C)(C)C. The second-order valence-corrected chi connectivity index (χ2v) is 15.6. The highest BCUT2D eigenvalue weighted by molar-refractivity contribution is 6.74. The lowest BCUT2D eigenvalue weighted by Crippen LogP contribution is -2.43. The molecule has 0 aromatic carbocycles. The van der Waals surface area contributed by atoms with Gasteiger partial charge in [0.25, 0.3) is 0 Å². The first-order valence-corrected chi connectivity index (χ1v) is 15.8. The molecular weight excluding hydrogens is 448 g/mol. The molecule has 0 bridgehead atoms. The monoisotopic (exact) mass is 498 g/mol. The van der Waals surface area contributed by atoms with Crippen molar-refractivity contribution in [3.63, 3.8) is 0 Å². The van der Waals surface area contributed by atoms with Gasteiger partial charge >= 0.3 is 5.97 Å². The van der Waals surface area contributed by atoms with Crippen molar-refractivity contribution in [3.8, 4) is 11.8 Å². The van der Waals surface area contributed by atoms with Crippen LogP contribution in [0.2, 0.25) is 18.1 Å². The van der Waals surface area contributed by atoms with Crippen LogP contribution in [0, 0.1) is 17.3 Å². The summed E-state index contributed by atoms with van der Waals surface area (Å²) in [6.45, 7) is 17.2. The Bertz CT molecular complexity index is 808. The number of carbonyl (C=O) groups is 1. The van der Waals surface area contributed by atoms with Gasteiger partial charge in [0.05, 0.1) is 18.6 Å². The highest BCUT2D eigenvalue weighted by atomic mass is 28.4. The van der Waals surface area contributed by atoms with Gasteiger partial charge in [-0.05, 0) is 76.2 Å². The van der Waals surface area contributed by atoms with Gasteiger partial charge in [-0.25, -0.2) is 0 Å². The molecule has 3 nitrogen and oxygen atoms in total. The second-order valence-electron chi connectivity index (χ2n) is 10.9. The van der Waals surface area contributed by atoms with Gasteiger partial charge in [-0.1, -0.05) is 88.1 Å². The van der Waals surface area contributed by atoms with Crippen LogP contribution in [-0.2, 0) is 14.0 Å². The average Bonchev–Trinajstić information content (AvgIpc) is 2.77. The molecule has 0 amide bonds. The number of carbonyl (C=O) groups excluding carboxylic acids is 1. The van der Waals surface area contributed by atoms with E-state index in [2.05, 4.69) is 107 Å². The third-order valence-corrected chi connectivity index (χ3v) is 10.7. The van der Waals surface area contributed by atoms with Crippen LogP contribution >= 0.6 is 0 Å². The fourth-order valence-electron chi connectivity index (χ4n) is 2.81. The molecule has 0 saturated heterocycles. The van der Waals surface area contributed by atoms with Crippen LogP contribution in [0.25, 0.3) is 0 Å². The lowest BCUT2D eigenvalue weighted by atomic mass is 9.89. The van der Waals surface area contributed by atoms with Gasteiger partial charge in [-0.15, -0.1) is 0 Å². The topological polar surface area (TPSA) is 35.5 Å². The van der Waals surface area contributed by atoms with E-state index in [4.69, 9.17) is 9.16 Å². The zero-order valence-corrected chi connectivity index (χ0v) is 24.8. The molecule has 0 aromatic rings. The van der Waals surface area contributed by atoms with E-state index in [1.54, 1.807) is 0 Å². The minimum absolute atomic E-state index is 0.0369. The van der Waals surface area contributed by atoms with Gasteiger partial charge in [-0.3, -0.25) is 4.79 Å². The molecule has 1 atom stereocenters. The summed E-state index contributed by atoms with van der Waals surface area (Å²) in [5.74, 6) is 6.14. The van der Waals surface area contributed by atoms with E-state index in [-0.39, 0.29) is 17.1 Å². The van der Waals surface area contributed by atoms with Crippen molar-refractivity contribution in [2.24, 2.45) is 5.41 Å². The summed E-state index contributed by atoms with van der Waals surface area (Å²) in [7, 11) is -0.489. The number of hydrogen-bond donors (Lipinski definition) is 0. The molecule has 0 heterocycles. The van der Waals surface area contributed by atoms with Crippen molar-refractivity contribution in [1.82, 2.24) is 0 Å². The third kappa shape index (κ3) is 15.5. The van der Waals surface area contributed by atoms with Crippen LogP contribution in [0.5, 0.6) is 0 Å². The van der Waals surface area contributed by atoms with Crippen molar-refractivity contribution >= 4 is 14.3 Å². The Balaban J connectivity index is 4.94. The third-order valence-electron chi connectivity index (χ3n) is 6.15. The fourth-order valence-corrected chi connectivity index (χ4v) is 4.10. The predicted molar refractivity (Wildman–Crippen MR) is 155 cm³/mol. The van der Waals surface area contributed by atoms with E-state index in [0.29, 0.717) is 6.42 Å². The first-order chi connectivity index (χ1) is 16.4. The smallest absolute Gasteiger partial charge is 0.311 e. The van der Waals surface area contributed by atoms with Crippen LogP contribution in [-0.4, -0.2) is 27.5 Å². The van der Waals surface area contributed by atoms with E-state index >= 15 is 0 Å². The lowest BCUT2D eigenvalue weighted by Gasteiger charge is -2.38. The van der Waals surface area contributed by atoms with Gasteiger partial charge in [0.1, 0.15) is 0 Å². The first-order valence-electron chi connectivity index (χ1n) is 12.9. The van der Waals surface area contributed by atoms with E-state index in [1.807, 2.05) is 19.9 Å². The van der Waals surface area contributed by atoms with E-state index in [9.17, 15) is 4.79 Å². The Morgan fingerprint density at radius 1 is 0.914 bits per heavy atom. The Morgan fingerprint density at radius 3 is 2.09 bits per heavy atom. The Morgan fingerprint density at radius 2 is 1.51 bits per heavy atom. The van der Waals surface area contributed by atoms with Crippen LogP contribution in [0.4, 0.5) is 0 Å². The minimum atomic E-state index is -1.92. The molecule has 0 aromatic heterocycles. The Kier molecular flexibility index (Phi) is 16.3. The molecule has 0 aliphatic rings. The Labute approximate surface area is 217 Å². The molecule has 0 radical (unpaired) electrons. The highest BCUT2D eigenvalue weighted by Gasteiger charge is 2.38.